The van der Waals surface area contributed by atoms with Gasteiger partial charge in [-0.1, -0.05) is 5.21 Å². The number of piperidine rings is 1. The van der Waals surface area contributed by atoms with Crippen LogP contribution in [-0.2, 0) is 4.74 Å². The first kappa shape index (κ1) is 19.1. The largest absolute Gasteiger partial charge is 0.444 e. The Morgan fingerprint density at radius 3 is 2.42 bits per heavy atom. The molecule has 1 N–H and O–H groups in total. The van der Waals surface area contributed by atoms with Crippen molar-refractivity contribution in [3.05, 3.63) is 5.69 Å². The van der Waals surface area contributed by atoms with Gasteiger partial charge in [-0.25, -0.2) is 19.5 Å². The van der Waals surface area contributed by atoms with Gasteiger partial charge in [-0.05, 0) is 52.9 Å². The molecular weight excluding hydrogens is 328 g/mol. The van der Waals surface area contributed by atoms with Crippen LogP contribution >= 0.6 is 10.0 Å². The number of aliphatic hydroxyl groups excluding tert-OH is 1. The second-order valence-electron chi connectivity index (χ2n) is 8.11. The highest BCUT2D eigenvalue weighted by Crippen LogP contribution is 2.45. The fourth-order valence-electron chi connectivity index (χ4n) is 2.90. The minimum atomic E-state index is -0.974. The van der Waals surface area contributed by atoms with Gasteiger partial charge in [0.2, 0.25) is 0 Å². The van der Waals surface area contributed by atoms with E-state index in [1.807, 2.05) is 32.4 Å². The van der Waals surface area contributed by atoms with E-state index in [0.29, 0.717) is 13.0 Å². The van der Waals surface area contributed by atoms with Crippen LogP contribution in [0.4, 0.5) is 4.79 Å². The van der Waals surface area contributed by atoms with E-state index in [9.17, 15) is 9.90 Å². The third-order valence-corrected chi connectivity index (χ3v) is 5.51. The molecule has 1 aliphatic heterocycles. The number of likely N-dealkylation sites (tertiary alicyclic amines) is 1. The lowest BCUT2D eigenvalue weighted by Gasteiger charge is -2.37. The van der Waals surface area contributed by atoms with E-state index in [4.69, 9.17) is 4.74 Å². The van der Waals surface area contributed by atoms with Crippen LogP contribution in [0, 0.1) is 6.92 Å². The Bertz CT molecular complexity index is 603. The molecule has 0 aliphatic carbocycles. The van der Waals surface area contributed by atoms with E-state index in [2.05, 4.69) is 29.1 Å². The van der Waals surface area contributed by atoms with Crippen molar-refractivity contribution in [2.75, 3.05) is 31.9 Å². The zero-order valence-corrected chi connectivity index (χ0v) is 16.6. The Balaban J connectivity index is 2.10. The molecule has 2 rings (SSSR count). The van der Waals surface area contributed by atoms with E-state index in [1.165, 1.54) is 0 Å². The molecular formula is C16H30N4O3S. The molecule has 24 heavy (non-hydrogen) atoms. The summed E-state index contributed by atoms with van der Waals surface area (Å²) in [6.45, 7) is 8.29. The average Bonchev–Trinajstić information content (AvgIpc) is 2.78. The average molecular weight is 359 g/mol. The normalized spacial score (nSPS) is 23.2. The first-order valence-electron chi connectivity index (χ1n) is 8.16. The Morgan fingerprint density at radius 1 is 1.33 bits per heavy atom. The number of rotatable bonds is 2. The summed E-state index contributed by atoms with van der Waals surface area (Å²) < 4.78 is 7.21. The van der Waals surface area contributed by atoms with E-state index in [-0.39, 0.29) is 18.7 Å². The minimum absolute atomic E-state index is 0.160. The van der Waals surface area contributed by atoms with Crippen LogP contribution in [0.3, 0.4) is 0 Å². The molecule has 8 heteroatoms. The number of β-amino-alcohol motifs (C(OH)–C–C–N with tert-alkyl or cyclic N) is 1. The smallest absolute Gasteiger partial charge is 0.410 e. The summed E-state index contributed by atoms with van der Waals surface area (Å²) in [4.78, 5) is 13.7. The summed E-state index contributed by atoms with van der Waals surface area (Å²) in [5.41, 5.74) is 0.471. The summed E-state index contributed by atoms with van der Waals surface area (Å²) >= 11 is 0. The fourth-order valence-corrected chi connectivity index (χ4v) is 4.16. The third kappa shape index (κ3) is 4.22. The Morgan fingerprint density at radius 2 is 1.96 bits per heavy atom. The van der Waals surface area contributed by atoms with E-state index in [1.54, 1.807) is 4.90 Å². The van der Waals surface area contributed by atoms with E-state index >= 15 is 0 Å². The minimum Gasteiger partial charge on any atom is -0.444 e. The highest BCUT2D eigenvalue weighted by atomic mass is 32.3. The molecule has 138 valence electrons. The number of aliphatic hydroxyl groups is 1. The van der Waals surface area contributed by atoms with Crippen molar-refractivity contribution in [1.82, 2.24) is 19.9 Å². The highest BCUT2D eigenvalue weighted by molar-refractivity contribution is 8.32. The molecule has 1 fully saturated rings. The van der Waals surface area contributed by atoms with Gasteiger partial charge >= 0.3 is 6.09 Å². The Hall–Kier alpha value is -1.28. The van der Waals surface area contributed by atoms with Crippen molar-refractivity contribution < 1.29 is 14.6 Å². The fraction of sp³-hybridized carbons (Fsp3) is 0.812. The summed E-state index contributed by atoms with van der Waals surface area (Å²) in [6, 6.07) is -0.160. The molecule has 1 aliphatic rings. The molecule has 7 nitrogen and oxygen atoms in total. The highest BCUT2D eigenvalue weighted by Gasteiger charge is 2.35. The molecule has 0 aromatic carbocycles. The van der Waals surface area contributed by atoms with Crippen molar-refractivity contribution in [2.45, 2.75) is 56.9 Å². The van der Waals surface area contributed by atoms with Gasteiger partial charge in [0.05, 0.1) is 24.4 Å². The van der Waals surface area contributed by atoms with Crippen molar-refractivity contribution in [3.8, 4) is 0 Å². The zero-order valence-electron chi connectivity index (χ0n) is 15.7. The van der Waals surface area contributed by atoms with Crippen LogP contribution in [0.15, 0.2) is 5.03 Å². The summed E-state index contributed by atoms with van der Waals surface area (Å²) in [5.74, 6) is 0. The van der Waals surface area contributed by atoms with E-state index in [0.717, 1.165) is 10.7 Å². The number of hydrogen-bond acceptors (Lipinski definition) is 5. The number of ether oxygens (including phenoxy) is 1. The van der Waals surface area contributed by atoms with Gasteiger partial charge in [0, 0.05) is 6.54 Å². The van der Waals surface area contributed by atoms with Crippen LogP contribution in [0.5, 0.6) is 0 Å². The SMILES string of the molecule is Cc1c(S(C)(C)C)nnn1[C@@H]1CCN(C(=O)OC(C)(C)C)C[C@@H]1O. The second kappa shape index (κ2) is 6.55. The summed E-state index contributed by atoms with van der Waals surface area (Å²) in [7, 11) is -0.974. The zero-order chi connectivity index (χ0) is 18.3. The van der Waals surface area contributed by atoms with Crippen molar-refractivity contribution in [2.24, 2.45) is 0 Å². The molecule has 0 radical (unpaired) electrons. The molecule has 0 bridgehead atoms. The van der Waals surface area contributed by atoms with Gasteiger partial charge in [0.15, 0.2) is 0 Å². The van der Waals surface area contributed by atoms with Gasteiger partial charge in [0.25, 0.3) is 0 Å². The van der Waals surface area contributed by atoms with Gasteiger partial charge in [0.1, 0.15) is 10.6 Å². The lowest BCUT2D eigenvalue weighted by atomic mass is 10.0. The maximum atomic E-state index is 12.2. The van der Waals surface area contributed by atoms with E-state index < -0.39 is 21.7 Å². The maximum Gasteiger partial charge on any atom is 0.410 e. The van der Waals surface area contributed by atoms with Crippen LogP contribution in [-0.4, -0.2) is 74.7 Å². The molecule has 1 saturated heterocycles. The third-order valence-electron chi connectivity index (χ3n) is 3.98. The topological polar surface area (TPSA) is 80.5 Å². The molecule has 1 aromatic rings. The number of aromatic nitrogens is 3. The predicted octanol–water partition coefficient (Wildman–Crippen LogP) is 2.18. The van der Waals surface area contributed by atoms with Gasteiger partial charge in [-0.3, -0.25) is 0 Å². The first-order valence-corrected chi connectivity index (χ1v) is 11.0. The van der Waals surface area contributed by atoms with Gasteiger partial charge < -0.3 is 14.7 Å². The molecule has 1 aromatic heterocycles. The van der Waals surface area contributed by atoms with Gasteiger partial charge in [-0.15, -0.1) is 5.10 Å². The number of nitrogens with zero attached hydrogens (tertiary/aromatic N) is 4. The monoisotopic (exact) mass is 358 g/mol. The molecule has 2 atom stereocenters. The molecule has 2 heterocycles. The standard InChI is InChI=1S/C16H30N4O3S/c1-11-14(24(5,6)7)17-18-20(11)12-8-9-19(10-13(12)21)15(22)23-16(2,3)4/h12-13,21H,8-10H2,1-7H3/t12-,13+/m1/s1. The van der Waals surface area contributed by atoms with Crippen LogP contribution in [0.2, 0.25) is 0 Å². The number of carbonyl (C=O) groups excluding carboxylic acids is 1. The Kier molecular flexibility index (Phi) is 5.20. The number of amides is 1. The predicted molar refractivity (Wildman–Crippen MR) is 95.9 cm³/mol. The maximum absolute atomic E-state index is 12.2. The molecule has 0 saturated carbocycles. The van der Waals surface area contributed by atoms with Crippen LogP contribution in [0.1, 0.15) is 38.9 Å². The molecule has 1 amide bonds. The van der Waals surface area contributed by atoms with Crippen molar-refractivity contribution in [3.63, 3.8) is 0 Å². The van der Waals surface area contributed by atoms with Crippen LogP contribution in [0.25, 0.3) is 0 Å². The molecule has 0 unspecified atom stereocenters. The van der Waals surface area contributed by atoms with Crippen LogP contribution < -0.4 is 0 Å². The molecule has 0 spiro atoms. The Labute approximate surface area is 145 Å². The first-order chi connectivity index (χ1) is 10.9. The van der Waals surface area contributed by atoms with Crippen molar-refractivity contribution >= 4 is 16.1 Å². The summed E-state index contributed by atoms with van der Waals surface area (Å²) in [6.07, 6.45) is 6.09. The lowest BCUT2D eigenvalue weighted by molar-refractivity contribution is -0.0124. The number of carbonyl (C=O) groups is 1. The second-order valence-corrected chi connectivity index (χ2v) is 12.2. The quantitative estimate of drug-likeness (QED) is 0.876. The lowest BCUT2D eigenvalue weighted by Crippen LogP contribution is -2.49. The van der Waals surface area contributed by atoms with Gasteiger partial charge in [-0.2, -0.15) is 0 Å². The summed E-state index contributed by atoms with van der Waals surface area (Å²) in [5, 5.41) is 20.2. The number of hydrogen-bond donors (Lipinski definition) is 1. The van der Waals surface area contributed by atoms with Crippen molar-refractivity contribution in [1.29, 1.82) is 0 Å².